The van der Waals surface area contributed by atoms with Crippen molar-refractivity contribution in [2.45, 2.75) is 26.8 Å². The first-order valence-electron chi connectivity index (χ1n) is 10.3. The van der Waals surface area contributed by atoms with Gasteiger partial charge in [-0.25, -0.2) is 0 Å². The molecule has 31 heavy (non-hydrogen) atoms. The first-order chi connectivity index (χ1) is 14.8. The molecule has 1 saturated heterocycles. The molecule has 1 fully saturated rings. The number of amides is 1. The molecule has 7 heteroatoms. The van der Waals surface area contributed by atoms with Crippen LogP contribution in [0.5, 0.6) is 5.75 Å². The number of carbonyl (C=O) groups is 2. The molecule has 3 rings (SSSR count). The molecule has 1 amide bonds. The summed E-state index contributed by atoms with van der Waals surface area (Å²) in [6.45, 7) is 7.03. The van der Waals surface area contributed by atoms with Crippen molar-refractivity contribution in [3.8, 4) is 5.75 Å². The van der Waals surface area contributed by atoms with Gasteiger partial charge in [0.2, 0.25) is 0 Å². The van der Waals surface area contributed by atoms with Crippen LogP contribution >= 0.6 is 0 Å². The Morgan fingerprint density at radius 2 is 2.03 bits per heavy atom. The van der Waals surface area contributed by atoms with Gasteiger partial charge in [0.15, 0.2) is 0 Å². The lowest BCUT2D eigenvalue weighted by Crippen LogP contribution is -2.32. The van der Waals surface area contributed by atoms with E-state index in [9.17, 15) is 14.7 Å². The number of aromatic nitrogens is 1. The van der Waals surface area contributed by atoms with Crippen LogP contribution in [0.1, 0.15) is 36.6 Å². The Kier molecular flexibility index (Phi) is 7.07. The smallest absolute Gasteiger partial charge is 0.295 e. The first-order valence-corrected chi connectivity index (χ1v) is 10.3. The van der Waals surface area contributed by atoms with Crippen molar-refractivity contribution in [3.05, 3.63) is 65.0 Å². The molecule has 1 aliphatic rings. The van der Waals surface area contributed by atoms with E-state index in [1.165, 1.54) is 12.0 Å². The number of hydrogen-bond donors (Lipinski definition) is 1. The monoisotopic (exact) mass is 424 g/mol. The standard InChI is InChI=1S/C24H28N2O5/c1-15(2)14-31-18-7-8-19(16(3)12-18)22(27)20-21(17-6-5-9-25-13-17)26(10-11-30-4)24(29)23(20)28/h5-9,12-13,15,21,27H,10-11,14H2,1-4H3/t21-/m1/s1. The molecule has 1 aliphatic heterocycles. The van der Waals surface area contributed by atoms with Crippen LogP contribution in [0.3, 0.4) is 0 Å². The van der Waals surface area contributed by atoms with Crippen LogP contribution in [-0.2, 0) is 14.3 Å². The summed E-state index contributed by atoms with van der Waals surface area (Å²) in [6.07, 6.45) is 3.21. The maximum atomic E-state index is 12.9. The zero-order valence-electron chi connectivity index (χ0n) is 18.3. The average molecular weight is 424 g/mol. The van der Waals surface area contributed by atoms with E-state index in [0.29, 0.717) is 29.4 Å². The Bertz CT molecular complexity index is 985. The van der Waals surface area contributed by atoms with Crippen LogP contribution in [0.2, 0.25) is 0 Å². The van der Waals surface area contributed by atoms with Gasteiger partial charge in [-0.1, -0.05) is 19.9 Å². The lowest BCUT2D eigenvalue weighted by atomic mass is 9.94. The van der Waals surface area contributed by atoms with Gasteiger partial charge in [0.05, 0.1) is 24.8 Å². The fourth-order valence-electron chi connectivity index (χ4n) is 3.58. The highest BCUT2D eigenvalue weighted by Crippen LogP contribution is 2.39. The highest BCUT2D eigenvalue weighted by Gasteiger charge is 2.46. The number of carbonyl (C=O) groups excluding carboxylic acids is 2. The summed E-state index contributed by atoms with van der Waals surface area (Å²) in [5.74, 6) is -0.521. The van der Waals surface area contributed by atoms with E-state index in [4.69, 9.17) is 9.47 Å². The molecule has 1 aromatic heterocycles. The Labute approximate surface area is 182 Å². The lowest BCUT2D eigenvalue weighted by Gasteiger charge is -2.24. The van der Waals surface area contributed by atoms with Gasteiger partial charge in [-0.2, -0.15) is 0 Å². The molecule has 0 aliphatic carbocycles. The quantitative estimate of drug-likeness (QED) is 0.396. The fraction of sp³-hybridized carbons (Fsp3) is 0.375. The van der Waals surface area contributed by atoms with Gasteiger partial charge < -0.3 is 19.5 Å². The molecule has 0 bridgehead atoms. The molecule has 164 valence electrons. The number of aryl methyl sites for hydroxylation is 1. The van der Waals surface area contributed by atoms with E-state index >= 15 is 0 Å². The summed E-state index contributed by atoms with van der Waals surface area (Å²) in [7, 11) is 1.53. The van der Waals surface area contributed by atoms with Gasteiger partial charge in [0.1, 0.15) is 11.5 Å². The van der Waals surface area contributed by atoms with E-state index in [-0.39, 0.29) is 24.5 Å². The minimum absolute atomic E-state index is 0.0491. The SMILES string of the molecule is COCCN1C(=O)C(=O)C(=C(O)c2ccc(OCC(C)C)cc2C)[C@H]1c1cccnc1. The highest BCUT2D eigenvalue weighted by atomic mass is 16.5. The molecule has 0 radical (unpaired) electrons. The largest absolute Gasteiger partial charge is 0.507 e. The predicted octanol–water partition coefficient (Wildman–Crippen LogP) is 3.49. The van der Waals surface area contributed by atoms with Gasteiger partial charge in [-0.15, -0.1) is 0 Å². The van der Waals surface area contributed by atoms with Crippen molar-refractivity contribution >= 4 is 17.4 Å². The summed E-state index contributed by atoms with van der Waals surface area (Å²) < 4.78 is 10.9. The van der Waals surface area contributed by atoms with E-state index in [1.54, 1.807) is 36.7 Å². The van der Waals surface area contributed by atoms with Crippen LogP contribution < -0.4 is 4.74 Å². The molecule has 0 unspecified atom stereocenters. The van der Waals surface area contributed by atoms with Gasteiger partial charge in [-0.3, -0.25) is 14.6 Å². The van der Waals surface area contributed by atoms with Crippen molar-refractivity contribution in [1.82, 2.24) is 9.88 Å². The molecule has 2 heterocycles. The minimum atomic E-state index is -0.736. The van der Waals surface area contributed by atoms with Crippen molar-refractivity contribution in [2.75, 3.05) is 26.9 Å². The third-order valence-corrected chi connectivity index (χ3v) is 5.11. The fourth-order valence-corrected chi connectivity index (χ4v) is 3.58. The number of rotatable bonds is 8. The van der Waals surface area contributed by atoms with Gasteiger partial charge in [0, 0.05) is 31.6 Å². The Morgan fingerprint density at radius 3 is 2.65 bits per heavy atom. The molecule has 1 N–H and O–H groups in total. The van der Waals surface area contributed by atoms with Crippen LogP contribution in [-0.4, -0.2) is 53.5 Å². The van der Waals surface area contributed by atoms with Crippen molar-refractivity contribution in [2.24, 2.45) is 5.92 Å². The molecular formula is C24H28N2O5. The second-order valence-electron chi connectivity index (χ2n) is 7.95. The second kappa shape index (κ2) is 9.75. The van der Waals surface area contributed by atoms with E-state index in [0.717, 1.165) is 5.56 Å². The number of methoxy groups -OCH3 is 1. The van der Waals surface area contributed by atoms with Crippen molar-refractivity contribution < 1.29 is 24.2 Å². The summed E-state index contributed by atoms with van der Waals surface area (Å²) in [5.41, 5.74) is 1.92. The van der Waals surface area contributed by atoms with Gasteiger partial charge in [-0.05, 0) is 48.2 Å². The normalized spacial score (nSPS) is 18.1. The zero-order chi connectivity index (χ0) is 22.5. The maximum absolute atomic E-state index is 12.9. The number of Topliss-reactive ketones (excluding diaryl/α,β-unsaturated/α-hetero) is 1. The van der Waals surface area contributed by atoms with Crippen molar-refractivity contribution in [1.29, 1.82) is 0 Å². The lowest BCUT2D eigenvalue weighted by molar-refractivity contribution is -0.140. The van der Waals surface area contributed by atoms with E-state index in [2.05, 4.69) is 18.8 Å². The molecule has 0 saturated carbocycles. The Balaban J connectivity index is 2.06. The Morgan fingerprint density at radius 1 is 1.26 bits per heavy atom. The van der Waals surface area contributed by atoms with E-state index < -0.39 is 17.7 Å². The third kappa shape index (κ3) is 4.77. The number of aliphatic hydroxyl groups excluding tert-OH is 1. The third-order valence-electron chi connectivity index (χ3n) is 5.11. The summed E-state index contributed by atoms with van der Waals surface area (Å²) >= 11 is 0. The Hall–Kier alpha value is -3.19. The number of aliphatic hydroxyl groups is 1. The molecule has 7 nitrogen and oxygen atoms in total. The average Bonchev–Trinajstić information content (AvgIpc) is 3.01. The van der Waals surface area contributed by atoms with Crippen LogP contribution in [0.4, 0.5) is 0 Å². The predicted molar refractivity (Wildman–Crippen MR) is 117 cm³/mol. The number of ether oxygens (including phenoxy) is 2. The summed E-state index contributed by atoms with van der Waals surface area (Å²) in [6, 6.07) is 8.07. The zero-order valence-corrected chi connectivity index (χ0v) is 18.3. The van der Waals surface area contributed by atoms with Crippen LogP contribution in [0, 0.1) is 12.8 Å². The number of pyridine rings is 1. The number of ketones is 1. The van der Waals surface area contributed by atoms with Crippen LogP contribution in [0.25, 0.3) is 5.76 Å². The molecular weight excluding hydrogens is 396 g/mol. The van der Waals surface area contributed by atoms with Crippen LogP contribution in [0.15, 0.2) is 48.3 Å². The highest BCUT2D eigenvalue weighted by molar-refractivity contribution is 6.46. The second-order valence-corrected chi connectivity index (χ2v) is 7.95. The van der Waals surface area contributed by atoms with Gasteiger partial charge >= 0.3 is 0 Å². The summed E-state index contributed by atoms with van der Waals surface area (Å²) in [5, 5.41) is 11.2. The molecule has 0 spiro atoms. The maximum Gasteiger partial charge on any atom is 0.295 e. The van der Waals surface area contributed by atoms with Crippen molar-refractivity contribution in [3.63, 3.8) is 0 Å². The minimum Gasteiger partial charge on any atom is -0.507 e. The number of nitrogens with zero attached hydrogens (tertiary/aromatic N) is 2. The molecule has 2 aromatic rings. The summed E-state index contributed by atoms with van der Waals surface area (Å²) in [4.78, 5) is 31.2. The molecule has 1 aromatic carbocycles. The molecule has 1 atom stereocenters. The number of hydrogen-bond acceptors (Lipinski definition) is 6. The van der Waals surface area contributed by atoms with E-state index in [1.807, 2.05) is 13.0 Å². The number of benzene rings is 1. The van der Waals surface area contributed by atoms with Gasteiger partial charge in [0.25, 0.3) is 11.7 Å². The first kappa shape index (κ1) is 22.5. The topological polar surface area (TPSA) is 89.0 Å². The number of likely N-dealkylation sites (tertiary alicyclic amines) is 1.